The number of methoxy groups -OCH3 is 1. The second kappa shape index (κ2) is 4.78. The molecular formula is C12H11FN2O2. The van der Waals surface area contributed by atoms with Crippen LogP contribution in [0.15, 0.2) is 36.5 Å². The van der Waals surface area contributed by atoms with Gasteiger partial charge in [0, 0.05) is 11.8 Å². The molecule has 1 aromatic heterocycles. The summed E-state index contributed by atoms with van der Waals surface area (Å²) >= 11 is 0. The van der Waals surface area contributed by atoms with Crippen LogP contribution in [0.1, 0.15) is 16.1 Å². The molecule has 0 amide bonds. The Kier molecular flexibility index (Phi) is 3.18. The van der Waals surface area contributed by atoms with Crippen molar-refractivity contribution in [3.05, 3.63) is 53.6 Å². The second-order valence-electron chi connectivity index (χ2n) is 3.48. The normalized spacial score (nSPS) is 10.2. The molecule has 0 radical (unpaired) electrons. The third-order valence-corrected chi connectivity index (χ3v) is 2.33. The first-order chi connectivity index (χ1) is 8.20. The maximum Gasteiger partial charge on any atom is 0.358 e. The third-order valence-electron chi connectivity index (χ3n) is 2.33. The van der Waals surface area contributed by atoms with Crippen molar-refractivity contribution in [3.8, 4) is 0 Å². The molecule has 0 spiro atoms. The van der Waals surface area contributed by atoms with Crippen LogP contribution in [0.2, 0.25) is 0 Å². The van der Waals surface area contributed by atoms with E-state index in [1.165, 1.54) is 23.9 Å². The average molecular weight is 234 g/mol. The zero-order valence-corrected chi connectivity index (χ0v) is 9.26. The molecule has 0 N–H and O–H groups in total. The molecule has 0 aliphatic carbocycles. The summed E-state index contributed by atoms with van der Waals surface area (Å²) in [5.41, 5.74) is 0.732. The van der Waals surface area contributed by atoms with E-state index in [0.717, 1.165) is 0 Å². The lowest BCUT2D eigenvalue weighted by molar-refractivity contribution is 0.0593. The molecule has 4 nitrogen and oxygen atoms in total. The summed E-state index contributed by atoms with van der Waals surface area (Å²) in [6, 6.07) is 7.98. The number of hydrogen-bond donors (Lipinski definition) is 0. The quantitative estimate of drug-likeness (QED) is 0.761. The van der Waals surface area contributed by atoms with Crippen LogP contribution < -0.4 is 0 Å². The SMILES string of the molecule is COC(=O)c1ccn(Cc2ccccc2F)n1. The number of rotatable bonds is 3. The van der Waals surface area contributed by atoms with Crippen molar-refractivity contribution in [1.29, 1.82) is 0 Å². The van der Waals surface area contributed by atoms with Gasteiger partial charge in [0.25, 0.3) is 0 Å². The fourth-order valence-electron chi connectivity index (χ4n) is 1.46. The lowest BCUT2D eigenvalue weighted by Crippen LogP contribution is -2.06. The van der Waals surface area contributed by atoms with E-state index >= 15 is 0 Å². The minimum absolute atomic E-state index is 0.212. The van der Waals surface area contributed by atoms with Gasteiger partial charge < -0.3 is 4.74 Å². The summed E-state index contributed by atoms with van der Waals surface area (Å²) in [4.78, 5) is 11.2. The first kappa shape index (κ1) is 11.3. The van der Waals surface area contributed by atoms with Crippen LogP contribution in [-0.2, 0) is 11.3 Å². The molecule has 0 fully saturated rings. The van der Waals surface area contributed by atoms with Crippen molar-refractivity contribution in [2.24, 2.45) is 0 Å². The van der Waals surface area contributed by atoms with E-state index in [2.05, 4.69) is 9.84 Å². The minimum Gasteiger partial charge on any atom is -0.464 e. The number of carbonyl (C=O) groups excluding carboxylic acids is 1. The molecule has 1 aromatic carbocycles. The van der Waals surface area contributed by atoms with E-state index in [0.29, 0.717) is 5.56 Å². The molecule has 17 heavy (non-hydrogen) atoms. The Morgan fingerprint density at radius 2 is 2.18 bits per heavy atom. The number of ether oxygens (including phenoxy) is 1. The summed E-state index contributed by atoms with van der Waals surface area (Å²) in [5, 5.41) is 3.99. The van der Waals surface area contributed by atoms with Crippen LogP contribution in [0.4, 0.5) is 4.39 Å². The number of carbonyl (C=O) groups is 1. The van der Waals surface area contributed by atoms with Gasteiger partial charge in [-0.2, -0.15) is 5.10 Å². The van der Waals surface area contributed by atoms with Crippen molar-refractivity contribution >= 4 is 5.97 Å². The molecule has 2 rings (SSSR count). The van der Waals surface area contributed by atoms with Crippen LogP contribution in [0.5, 0.6) is 0 Å². The van der Waals surface area contributed by atoms with Crippen LogP contribution in [0.3, 0.4) is 0 Å². The highest BCUT2D eigenvalue weighted by atomic mass is 19.1. The summed E-state index contributed by atoms with van der Waals surface area (Å²) < 4.78 is 19.4. The molecule has 0 unspecified atom stereocenters. The van der Waals surface area contributed by atoms with Gasteiger partial charge in [0.2, 0.25) is 0 Å². The zero-order valence-electron chi connectivity index (χ0n) is 9.26. The predicted octanol–water partition coefficient (Wildman–Crippen LogP) is 1.86. The Bertz CT molecular complexity index is 537. The largest absolute Gasteiger partial charge is 0.464 e. The van der Waals surface area contributed by atoms with E-state index < -0.39 is 5.97 Å². The first-order valence-corrected chi connectivity index (χ1v) is 5.06. The first-order valence-electron chi connectivity index (χ1n) is 5.06. The lowest BCUT2D eigenvalue weighted by Gasteiger charge is -2.02. The number of nitrogens with zero attached hydrogens (tertiary/aromatic N) is 2. The Labute approximate surface area is 97.6 Å². The van der Waals surface area contributed by atoms with Crippen LogP contribution in [-0.4, -0.2) is 22.9 Å². The fraction of sp³-hybridized carbons (Fsp3) is 0.167. The number of esters is 1. The van der Waals surface area contributed by atoms with Crippen molar-refractivity contribution in [1.82, 2.24) is 9.78 Å². The zero-order chi connectivity index (χ0) is 12.3. The van der Waals surface area contributed by atoms with Gasteiger partial charge >= 0.3 is 5.97 Å². The molecule has 2 aromatic rings. The van der Waals surface area contributed by atoms with Crippen molar-refractivity contribution < 1.29 is 13.9 Å². The second-order valence-corrected chi connectivity index (χ2v) is 3.48. The van der Waals surface area contributed by atoms with Gasteiger partial charge in [-0.1, -0.05) is 18.2 Å². The summed E-state index contributed by atoms with van der Waals surface area (Å²) in [7, 11) is 1.29. The predicted molar refractivity (Wildman–Crippen MR) is 59.1 cm³/mol. The molecule has 0 aliphatic rings. The molecule has 0 saturated carbocycles. The molecule has 0 atom stereocenters. The van der Waals surface area contributed by atoms with Gasteiger partial charge in [-0.05, 0) is 12.1 Å². The monoisotopic (exact) mass is 234 g/mol. The Morgan fingerprint density at radius 3 is 2.88 bits per heavy atom. The summed E-state index contributed by atoms with van der Waals surface area (Å²) in [6.45, 7) is 0.281. The van der Waals surface area contributed by atoms with E-state index in [1.807, 2.05) is 0 Å². The maximum absolute atomic E-state index is 13.4. The standard InChI is InChI=1S/C12H11FN2O2/c1-17-12(16)11-6-7-15(14-11)8-9-4-2-3-5-10(9)13/h2-7H,8H2,1H3. The topological polar surface area (TPSA) is 44.1 Å². The van der Waals surface area contributed by atoms with Crippen LogP contribution in [0, 0.1) is 5.82 Å². The molecular weight excluding hydrogens is 223 g/mol. The van der Waals surface area contributed by atoms with Gasteiger partial charge in [-0.15, -0.1) is 0 Å². The van der Waals surface area contributed by atoms with E-state index in [4.69, 9.17) is 0 Å². The smallest absolute Gasteiger partial charge is 0.358 e. The number of halogens is 1. The lowest BCUT2D eigenvalue weighted by atomic mass is 10.2. The van der Waals surface area contributed by atoms with E-state index in [-0.39, 0.29) is 18.1 Å². The number of aromatic nitrogens is 2. The van der Waals surface area contributed by atoms with Crippen LogP contribution >= 0.6 is 0 Å². The van der Waals surface area contributed by atoms with Gasteiger partial charge in [0.05, 0.1) is 13.7 Å². The highest BCUT2D eigenvalue weighted by molar-refractivity contribution is 5.86. The summed E-state index contributed by atoms with van der Waals surface area (Å²) in [6.07, 6.45) is 1.61. The van der Waals surface area contributed by atoms with Crippen molar-refractivity contribution in [2.75, 3.05) is 7.11 Å². The van der Waals surface area contributed by atoms with Gasteiger partial charge in [-0.3, -0.25) is 4.68 Å². The highest BCUT2D eigenvalue weighted by Gasteiger charge is 2.09. The average Bonchev–Trinajstić information content (AvgIpc) is 2.80. The van der Waals surface area contributed by atoms with Crippen molar-refractivity contribution in [2.45, 2.75) is 6.54 Å². The highest BCUT2D eigenvalue weighted by Crippen LogP contribution is 2.08. The Morgan fingerprint density at radius 1 is 1.41 bits per heavy atom. The maximum atomic E-state index is 13.4. The van der Waals surface area contributed by atoms with E-state index in [1.54, 1.807) is 24.4 Å². The molecule has 88 valence electrons. The molecule has 0 aliphatic heterocycles. The molecule has 0 saturated heterocycles. The fourth-order valence-corrected chi connectivity index (χ4v) is 1.46. The Balaban J connectivity index is 2.17. The Hall–Kier alpha value is -2.17. The molecule has 0 bridgehead atoms. The number of hydrogen-bond acceptors (Lipinski definition) is 3. The van der Waals surface area contributed by atoms with Crippen molar-refractivity contribution in [3.63, 3.8) is 0 Å². The van der Waals surface area contributed by atoms with Crippen LogP contribution in [0.25, 0.3) is 0 Å². The summed E-state index contributed by atoms with van der Waals surface area (Å²) in [5.74, 6) is -0.792. The van der Waals surface area contributed by atoms with E-state index in [9.17, 15) is 9.18 Å². The molecule has 5 heteroatoms. The third kappa shape index (κ3) is 2.50. The minimum atomic E-state index is -0.503. The van der Waals surface area contributed by atoms with Gasteiger partial charge in [0.1, 0.15) is 5.82 Å². The number of benzene rings is 1. The van der Waals surface area contributed by atoms with Gasteiger partial charge in [0.15, 0.2) is 5.69 Å². The molecule has 1 heterocycles. The van der Waals surface area contributed by atoms with Gasteiger partial charge in [-0.25, -0.2) is 9.18 Å².